The summed E-state index contributed by atoms with van der Waals surface area (Å²) in [6.07, 6.45) is -0.567. The Morgan fingerprint density at radius 3 is 2.33 bits per heavy atom. The van der Waals surface area contributed by atoms with E-state index in [4.69, 9.17) is 0 Å². The summed E-state index contributed by atoms with van der Waals surface area (Å²) in [6.45, 7) is 1.89. The van der Waals surface area contributed by atoms with E-state index in [1.54, 1.807) is 0 Å². The molecule has 1 fully saturated rings. The molecule has 0 aliphatic carbocycles. The van der Waals surface area contributed by atoms with Crippen molar-refractivity contribution in [3.63, 3.8) is 0 Å². The first-order valence-electron chi connectivity index (χ1n) is 5.34. The van der Waals surface area contributed by atoms with Crippen LogP contribution in [0.15, 0.2) is 30.3 Å². The first kappa shape index (κ1) is 10.6. The van der Waals surface area contributed by atoms with Crippen molar-refractivity contribution in [3.05, 3.63) is 35.9 Å². The first-order valence-corrected chi connectivity index (χ1v) is 5.34. The van der Waals surface area contributed by atoms with Crippen molar-refractivity contribution in [2.75, 3.05) is 0 Å². The van der Waals surface area contributed by atoms with Gasteiger partial charge in [0.2, 0.25) is 0 Å². The fourth-order valence-corrected chi connectivity index (χ4v) is 2.12. The normalized spacial score (nSPS) is 35.7. The van der Waals surface area contributed by atoms with Gasteiger partial charge in [-0.05, 0) is 18.9 Å². The zero-order valence-corrected chi connectivity index (χ0v) is 8.80. The lowest BCUT2D eigenvalue weighted by molar-refractivity contribution is 0.0304. The maximum absolute atomic E-state index is 9.78. The average molecular weight is 207 g/mol. The molecule has 0 saturated carbocycles. The molecule has 1 aliphatic heterocycles. The molecule has 1 unspecified atom stereocenters. The van der Waals surface area contributed by atoms with Crippen LogP contribution in [0.4, 0.5) is 0 Å². The van der Waals surface area contributed by atoms with E-state index in [0.29, 0.717) is 0 Å². The second kappa shape index (κ2) is 4.31. The van der Waals surface area contributed by atoms with Gasteiger partial charge in [0.05, 0.1) is 12.2 Å². The Hall–Kier alpha value is -0.900. The second-order valence-electron chi connectivity index (χ2n) is 4.23. The number of benzene rings is 1. The van der Waals surface area contributed by atoms with E-state index in [1.165, 1.54) is 5.56 Å². The summed E-state index contributed by atoms with van der Waals surface area (Å²) in [7, 11) is 0. The van der Waals surface area contributed by atoms with Crippen LogP contribution in [0.25, 0.3) is 0 Å². The summed E-state index contributed by atoms with van der Waals surface area (Å²) in [5.41, 5.74) is 1.18. The Morgan fingerprint density at radius 2 is 1.80 bits per heavy atom. The van der Waals surface area contributed by atoms with Crippen LogP contribution in [0, 0.1) is 0 Å². The molecule has 3 heteroatoms. The SMILES string of the molecule is C[C@@H]1NC(Cc2ccccc2)[C@H](O)[C@@H]1O. The van der Waals surface area contributed by atoms with Crippen molar-refractivity contribution in [1.29, 1.82) is 0 Å². The third kappa shape index (κ3) is 2.20. The van der Waals surface area contributed by atoms with Gasteiger partial charge in [0.15, 0.2) is 0 Å². The molecule has 0 amide bonds. The van der Waals surface area contributed by atoms with Crippen LogP contribution in [0.1, 0.15) is 12.5 Å². The van der Waals surface area contributed by atoms with Gasteiger partial charge in [0, 0.05) is 12.1 Å². The molecule has 3 nitrogen and oxygen atoms in total. The first-order chi connectivity index (χ1) is 7.18. The predicted octanol–water partition coefficient (Wildman–Crippen LogP) is 0.311. The second-order valence-corrected chi connectivity index (χ2v) is 4.23. The van der Waals surface area contributed by atoms with Gasteiger partial charge >= 0.3 is 0 Å². The average Bonchev–Trinajstić information content (AvgIpc) is 2.48. The highest BCUT2D eigenvalue weighted by molar-refractivity contribution is 5.17. The summed E-state index contributed by atoms with van der Waals surface area (Å²) >= 11 is 0. The summed E-state index contributed by atoms with van der Waals surface area (Å²) in [5, 5.41) is 22.6. The third-order valence-electron chi connectivity index (χ3n) is 3.05. The van der Waals surface area contributed by atoms with Gasteiger partial charge in [-0.15, -0.1) is 0 Å². The molecule has 1 aromatic carbocycles. The molecular weight excluding hydrogens is 190 g/mol. The molecule has 1 heterocycles. The fraction of sp³-hybridized carbons (Fsp3) is 0.500. The van der Waals surface area contributed by atoms with Crippen molar-refractivity contribution in [2.45, 2.75) is 37.6 Å². The number of hydrogen-bond acceptors (Lipinski definition) is 3. The van der Waals surface area contributed by atoms with Crippen molar-refractivity contribution in [2.24, 2.45) is 0 Å². The minimum atomic E-state index is -0.666. The summed E-state index contributed by atoms with van der Waals surface area (Å²) < 4.78 is 0. The highest BCUT2D eigenvalue weighted by Crippen LogP contribution is 2.17. The monoisotopic (exact) mass is 207 g/mol. The lowest BCUT2D eigenvalue weighted by atomic mass is 10.0. The molecule has 0 aromatic heterocycles. The highest BCUT2D eigenvalue weighted by atomic mass is 16.3. The van der Waals surface area contributed by atoms with Crippen LogP contribution in [0.2, 0.25) is 0 Å². The standard InChI is InChI=1S/C12H17NO2/c1-8-11(14)12(15)10(13-8)7-9-5-3-2-4-6-9/h2-6,8,10-15H,7H2,1H3/t8-,10?,11+,12-/m0/s1. The molecule has 0 radical (unpaired) electrons. The maximum atomic E-state index is 9.78. The van der Waals surface area contributed by atoms with Gasteiger partial charge < -0.3 is 15.5 Å². The van der Waals surface area contributed by atoms with Crippen LogP contribution in [0.3, 0.4) is 0 Å². The zero-order valence-electron chi connectivity index (χ0n) is 8.80. The Labute approximate surface area is 89.8 Å². The highest BCUT2D eigenvalue weighted by Gasteiger charge is 2.38. The van der Waals surface area contributed by atoms with Gasteiger partial charge in [-0.3, -0.25) is 0 Å². The largest absolute Gasteiger partial charge is 0.389 e. The van der Waals surface area contributed by atoms with Crippen molar-refractivity contribution >= 4 is 0 Å². The molecule has 4 atom stereocenters. The fourth-order valence-electron chi connectivity index (χ4n) is 2.12. The van der Waals surface area contributed by atoms with E-state index < -0.39 is 12.2 Å². The summed E-state index contributed by atoms with van der Waals surface area (Å²) in [4.78, 5) is 0. The molecule has 2 rings (SSSR count). The number of nitrogens with one attached hydrogen (secondary N) is 1. The molecule has 3 N–H and O–H groups in total. The van der Waals surface area contributed by atoms with E-state index >= 15 is 0 Å². The quantitative estimate of drug-likeness (QED) is 0.654. The van der Waals surface area contributed by atoms with Crippen molar-refractivity contribution in [1.82, 2.24) is 5.32 Å². The van der Waals surface area contributed by atoms with E-state index in [9.17, 15) is 10.2 Å². The van der Waals surface area contributed by atoms with Crippen LogP contribution in [-0.4, -0.2) is 34.5 Å². The molecule has 1 saturated heterocycles. The summed E-state index contributed by atoms with van der Waals surface area (Å²) in [6, 6.07) is 9.92. The van der Waals surface area contributed by atoms with E-state index in [1.807, 2.05) is 37.3 Å². The Morgan fingerprint density at radius 1 is 1.13 bits per heavy atom. The van der Waals surface area contributed by atoms with Crippen molar-refractivity contribution < 1.29 is 10.2 Å². The molecule has 82 valence electrons. The molecule has 1 aliphatic rings. The predicted molar refractivity (Wildman–Crippen MR) is 58.5 cm³/mol. The Balaban J connectivity index is 2.02. The Bertz CT molecular complexity index is 315. The lowest BCUT2D eigenvalue weighted by Crippen LogP contribution is -2.34. The molecule has 1 aromatic rings. The molecule has 0 spiro atoms. The number of aliphatic hydroxyl groups excluding tert-OH is 2. The zero-order chi connectivity index (χ0) is 10.8. The van der Waals surface area contributed by atoms with E-state index in [0.717, 1.165) is 6.42 Å². The van der Waals surface area contributed by atoms with Crippen molar-refractivity contribution in [3.8, 4) is 0 Å². The van der Waals surface area contributed by atoms with Gasteiger partial charge in [0.25, 0.3) is 0 Å². The summed E-state index contributed by atoms with van der Waals surface area (Å²) in [5.74, 6) is 0. The lowest BCUT2D eigenvalue weighted by Gasteiger charge is -2.15. The minimum absolute atomic E-state index is 0.0336. The minimum Gasteiger partial charge on any atom is -0.389 e. The maximum Gasteiger partial charge on any atom is 0.0970 e. The number of hydrogen-bond donors (Lipinski definition) is 3. The molecule has 0 bridgehead atoms. The number of rotatable bonds is 2. The van der Waals surface area contributed by atoms with Crippen LogP contribution in [0.5, 0.6) is 0 Å². The van der Waals surface area contributed by atoms with Crippen LogP contribution >= 0.6 is 0 Å². The molecule has 15 heavy (non-hydrogen) atoms. The van der Waals surface area contributed by atoms with Gasteiger partial charge in [0.1, 0.15) is 0 Å². The van der Waals surface area contributed by atoms with Crippen LogP contribution < -0.4 is 5.32 Å². The third-order valence-corrected chi connectivity index (χ3v) is 3.05. The Kier molecular flexibility index (Phi) is 3.05. The van der Waals surface area contributed by atoms with E-state index in [2.05, 4.69) is 5.32 Å². The van der Waals surface area contributed by atoms with Gasteiger partial charge in [-0.2, -0.15) is 0 Å². The smallest absolute Gasteiger partial charge is 0.0970 e. The van der Waals surface area contributed by atoms with Gasteiger partial charge in [-0.1, -0.05) is 30.3 Å². The van der Waals surface area contributed by atoms with Crippen LogP contribution in [-0.2, 0) is 6.42 Å². The number of aliphatic hydroxyl groups is 2. The van der Waals surface area contributed by atoms with E-state index in [-0.39, 0.29) is 12.1 Å². The van der Waals surface area contributed by atoms with Gasteiger partial charge in [-0.25, -0.2) is 0 Å². The molecular formula is C12H17NO2. The topological polar surface area (TPSA) is 52.5 Å².